The van der Waals surface area contributed by atoms with E-state index in [2.05, 4.69) is 10.6 Å². The first kappa shape index (κ1) is 27.8. The predicted molar refractivity (Wildman–Crippen MR) is 106 cm³/mol. The monoisotopic (exact) mass is 446 g/mol. The molecule has 13 heteroatoms. The lowest BCUT2D eigenvalue weighted by atomic mass is 10.0. The number of carboxylic acids is 3. The summed E-state index contributed by atoms with van der Waals surface area (Å²) in [5, 5.41) is 31.5. The first-order valence-electron chi connectivity index (χ1n) is 9.48. The zero-order chi connectivity index (χ0) is 24.5. The van der Waals surface area contributed by atoms with Crippen molar-refractivity contribution in [2.75, 3.05) is 7.05 Å². The third kappa shape index (κ3) is 9.42. The highest BCUT2D eigenvalue weighted by atomic mass is 16.4. The average Bonchev–Trinajstić information content (AvgIpc) is 2.63. The molecule has 0 spiro atoms. The summed E-state index contributed by atoms with van der Waals surface area (Å²) in [5.74, 6) is -6.95. The lowest BCUT2D eigenvalue weighted by Gasteiger charge is -2.31. The van der Waals surface area contributed by atoms with Crippen LogP contribution in [0.2, 0.25) is 0 Å². The highest BCUT2D eigenvalue weighted by Crippen LogP contribution is 2.12. The minimum atomic E-state index is -1.57. The Labute approximate surface area is 178 Å². The number of amides is 3. The van der Waals surface area contributed by atoms with E-state index in [1.54, 1.807) is 13.8 Å². The van der Waals surface area contributed by atoms with Crippen LogP contribution in [-0.4, -0.2) is 87.1 Å². The maximum absolute atomic E-state index is 12.7. The minimum Gasteiger partial charge on any atom is -0.481 e. The summed E-state index contributed by atoms with van der Waals surface area (Å²) >= 11 is 0. The Balaban J connectivity index is 5.26. The highest BCUT2D eigenvalue weighted by molar-refractivity contribution is 5.95. The number of nitrogens with one attached hydrogen (secondary N) is 2. The Morgan fingerprint density at radius 2 is 1.45 bits per heavy atom. The Hall–Kier alpha value is -3.22. The quantitative estimate of drug-likeness (QED) is 0.187. The summed E-state index contributed by atoms with van der Waals surface area (Å²) in [6.07, 6.45) is -1.32. The van der Waals surface area contributed by atoms with Crippen LogP contribution in [0.3, 0.4) is 0 Å². The summed E-state index contributed by atoms with van der Waals surface area (Å²) in [6, 6.07) is -5.23. The predicted octanol–water partition coefficient (Wildman–Crippen LogP) is -1.79. The van der Waals surface area contributed by atoms with E-state index in [0.717, 1.165) is 4.90 Å². The van der Waals surface area contributed by atoms with Gasteiger partial charge in [-0.3, -0.25) is 24.0 Å². The van der Waals surface area contributed by atoms with Crippen molar-refractivity contribution in [2.24, 2.45) is 11.7 Å². The maximum Gasteiger partial charge on any atom is 0.326 e. The number of carbonyl (C=O) groups excluding carboxylic acids is 3. The van der Waals surface area contributed by atoms with E-state index >= 15 is 0 Å². The van der Waals surface area contributed by atoms with Crippen molar-refractivity contribution in [1.82, 2.24) is 15.5 Å². The van der Waals surface area contributed by atoms with Crippen LogP contribution in [0, 0.1) is 5.92 Å². The molecular formula is C18H30N4O9. The SMILES string of the molecule is CC(NC(=O)C(N)CCC(=O)O)C(=O)NC(CC(=O)O)C(=O)N(C)C(C(=O)O)C(C)C. The molecule has 0 aliphatic heterocycles. The fourth-order valence-electron chi connectivity index (χ4n) is 2.75. The molecule has 4 atom stereocenters. The summed E-state index contributed by atoms with van der Waals surface area (Å²) in [4.78, 5) is 71.0. The van der Waals surface area contributed by atoms with E-state index in [0.29, 0.717) is 0 Å². The van der Waals surface area contributed by atoms with E-state index in [-0.39, 0.29) is 12.8 Å². The Morgan fingerprint density at radius 1 is 0.903 bits per heavy atom. The molecule has 3 amide bonds. The molecule has 13 nitrogen and oxygen atoms in total. The molecule has 0 fully saturated rings. The first-order chi connectivity index (χ1) is 14.2. The van der Waals surface area contributed by atoms with Gasteiger partial charge in [0.1, 0.15) is 18.1 Å². The second-order valence-corrected chi connectivity index (χ2v) is 7.40. The molecule has 0 aliphatic carbocycles. The van der Waals surface area contributed by atoms with Crippen molar-refractivity contribution in [2.45, 2.75) is 64.2 Å². The first-order valence-corrected chi connectivity index (χ1v) is 9.48. The number of likely N-dealkylation sites (N-methyl/N-ethyl adjacent to an activating group) is 1. The van der Waals surface area contributed by atoms with Gasteiger partial charge in [-0.15, -0.1) is 0 Å². The lowest BCUT2D eigenvalue weighted by Crippen LogP contribution is -2.57. The number of aliphatic carboxylic acids is 3. The molecule has 31 heavy (non-hydrogen) atoms. The van der Waals surface area contributed by atoms with Gasteiger partial charge in [-0.25, -0.2) is 4.79 Å². The number of hydrogen-bond acceptors (Lipinski definition) is 7. The molecule has 0 rings (SSSR count). The topological polar surface area (TPSA) is 216 Å². The van der Waals surface area contributed by atoms with Gasteiger partial charge in [-0.2, -0.15) is 0 Å². The molecule has 0 aromatic rings. The zero-order valence-electron chi connectivity index (χ0n) is 17.8. The van der Waals surface area contributed by atoms with Gasteiger partial charge in [0.05, 0.1) is 12.5 Å². The summed E-state index contributed by atoms with van der Waals surface area (Å²) in [7, 11) is 1.19. The number of carboxylic acid groups (broad SMARTS) is 3. The van der Waals surface area contributed by atoms with Gasteiger partial charge in [0.15, 0.2) is 0 Å². The summed E-state index contributed by atoms with van der Waals surface area (Å²) in [5.41, 5.74) is 5.56. The average molecular weight is 446 g/mol. The van der Waals surface area contributed by atoms with E-state index in [4.69, 9.17) is 15.9 Å². The zero-order valence-corrected chi connectivity index (χ0v) is 17.8. The molecule has 7 N–H and O–H groups in total. The van der Waals surface area contributed by atoms with E-state index < -0.39 is 72.1 Å². The third-order valence-corrected chi connectivity index (χ3v) is 4.40. The van der Waals surface area contributed by atoms with Gasteiger partial charge < -0.3 is 36.6 Å². The number of hydrogen-bond donors (Lipinski definition) is 6. The van der Waals surface area contributed by atoms with E-state index in [9.17, 15) is 33.9 Å². The molecule has 0 aliphatic rings. The van der Waals surface area contributed by atoms with Gasteiger partial charge in [-0.1, -0.05) is 13.8 Å². The third-order valence-electron chi connectivity index (χ3n) is 4.40. The molecule has 176 valence electrons. The molecular weight excluding hydrogens is 416 g/mol. The molecule has 0 radical (unpaired) electrons. The highest BCUT2D eigenvalue weighted by Gasteiger charge is 2.35. The van der Waals surface area contributed by atoms with Crippen molar-refractivity contribution in [3.63, 3.8) is 0 Å². The molecule has 4 unspecified atom stereocenters. The number of nitrogens with two attached hydrogens (primary N) is 1. The fourth-order valence-corrected chi connectivity index (χ4v) is 2.75. The van der Waals surface area contributed by atoms with Crippen molar-refractivity contribution in [3.05, 3.63) is 0 Å². The minimum absolute atomic E-state index is 0.161. The van der Waals surface area contributed by atoms with E-state index in [1.165, 1.54) is 14.0 Å². The summed E-state index contributed by atoms with van der Waals surface area (Å²) < 4.78 is 0. The second kappa shape index (κ2) is 12.5. The van der Waals surface area contributed by atoms with Gasteiger partial charge in [0.2, 0.25) is 17.7 Å². The second-order valence-electron chi connectivity index (χ2n) is 7.40. The molecule has 0 saturated heterocycles. The standard InChI is InChI=1S/C18H30N4O9/c1-8(2)14(18(30)31)22(4)17(29)11(7-13(25)26)21-15(27)9(3)20-16(28)10(19)5-6-12(23)24/h8-11,14H,5-7,19H2,1-4H3,(H,20,28)(H,21,27)(H,23,24)(H,25,26)(H,30,31). The normalized spacial score (nSPS) is 14.6. The molecule has 0 heterocycles. The maximum atomic E-state index is 12.7. The van der Waals surface area contributed by atoms with Crippen molar-refractivity contribution >= 4 is 35.6 Å². The Kier molecular flexibility index (Phi) is 11.2. The van der Waals surface area contributed by atoms with Gasteiger partial charge in [0, 0.05) is 13.5 Å². The van der Waals surface area contributed by atoms with Crippen LogP contribution in [0.4, 0.5) is 0 Å². The smallest absolute Gasteiger partial charge is 0.326 e. The van der Waals surface area contributed by atoms with Crippen LogP contribution in [0.1, 0.15) is 40.0 Å². The lowest BCUT2D eigenvalue weighted by molar-refractivity contribution is -0.153. The van der Waals surface area contributed by atoms with Crippen LogP contribution in [0.25, 0.3) is 0 Å². The van der Waals surface area contributed by atoms with Crippen LogP contribution >= 0.6 is 0 Å². The number of rotatable bonds is 13. The number of nitrogens with zero attached hydrogens (tertiary/aromatic N) is 1. The van der Waals surface area contributed by atoms with Crippen LogP contribution in [0.15, 0.2) is 0 Å². The fraction of sp³-hybridized carbons (Fsp3) is 0.667. The van der Waals surface area contributed by atoms with Crippen molar-refractivity contribution in [3.8, 4) is 0 Å². The largest absolute Gasteiger partial charge is 0.481 e. The molecule has 0 aromatic carbocycles. The van der Waals surface area contributed by atoms with Crippen molar-refractivity contribution < 1.29 is 44.1 Å². The van der Waals surface area contributed by atoms with Crippen LogP contribution < -0.4 is 16.4 Å². The molecule has 0 aromatic heterocycles. The van der Waals surface area contributed by atoms with Crippen molar-refractivity contribution in [1.29, 1.82) is 0 Å². The Morgan fingerprint density at radius 3 is 1.87 bits per heavy atom. The van der Waals surface area contributed by atoms with Crippen LogP contribution in [-0.2, 0) is 28.8 Å². The van der Waals surface area contributed by atoms with Gasteiger partial charge in [-0.05, 0) is 19.3 Å². The Bertz CT molecular complexity index is 710. The van der Waals surface area contributed by atoms with E-state index in [1.807, 2.05) is 0 Å². The van der Waals surface area contributed by atoms with Crippen LogP contribution in [0.5, 0.6) is 0 Å². The summed E-state index contributed by atoms with van der Waals surface area (Å²) in [6.45, 7) is 4.40. The number of carbonyl (C=O) groups is 6. The molecule has 0 saturated carbocycles. The van der Waals surface area contributed by atoms with Gasteiger partial charge >= 0.3 is 17.9 Å². The van der Waals surface area contributed by atoms with Gasteiger partial charge in [0.25, 0.3) is 0 Å². The molecule has 0 bridgehead atoms.